The van der Waals surface area contributed by atoms with Crippen molar-refractivity contribution in [1.29, 1.82) is 0 Å². The van der Waals surface area contributed by atoms with Crippen molar-refractivity contribution >= 4 is 46.1 Å². The molecule has 5 atom stereocenters. The summed E-state index contributed by atoms with van der Waals surface area (Å²) in [7, 11) is 0. The number of hydrogen-bond donors (Lipinski definition) is 3. The van der Waals surface area contributed by atoms with Crippen molar-refractivity contribution in [1.82, 2.24) is 25.5 Å². The highest BCUT2D eigenvalue weighted by atomic mass is 32.1. The van der Waals surface area contributed by atoms with E-state index in [4.69, 9.17) is 14.7 Å². The Kier molecular flexibility index (Phi) is 9.17. The lowest BCUT2D eigenvalue weighted by Crippen LogP contribution is -2.56. The first kappa shape index (κ1) is 32.2. The Hall–Kier alpha value is -4.32. The minimum absolute atomic E-state index is 0.0779. The number of amides is 3. The predicted octanol–water partition coefficient (Wildman–Crippen LogP) is 4.86. The second kappa shape index (κ2) is 13.7. The lowest BCUT2D eigenvalue weighted by Gasteiger charge is -2.30. The number of carboxylic acid groups (broad SMARTS) is 1. The van der Waals surface area contributed by atoms with Gasteiger partial charge < -0.3 is 25.4 Å². The van der Waals surface area contributed by atoms with E-state index in [0.717, 1.165) is 61.8 Å². The predicted molar refractivity (Wildman–Crippen MR) is 180 cm³/mol. The first-order chi connectivity index (χ1) is 23.3. The number of carbonyl (C=O) groups excluding carboxylic acids is 3. The number of thiophene rings is 1. The van der Waals surface area contributed by atoms with Gasteiger partial charge in [0.1, 0.15) is 29.4 Å². The van der Waals surface area contributed by atoms with Crippen LogP contribution >= 0.6 is 11.3 Å². The molecule has 2 aliphatic carbocycles. The van der Waals surface area contributed by atoms with E-state index in [9.17, 15) is 24.3 Å². The number of allylic oxidation sites excluding steroid dienone is 1. The number of fused-ring (bicyclic) bond motifs is 3. The molecule has 1 aromatic carbocycles. The number of nitrogens with zero attached hydrogens (tertiary/aromatic N) is 3. The summed E-state index contributed by atoms with van der Waals surface area (Å²) in [5.74, 6) is -2.21. The van der Waals surface area contributed by atoms with Gasteiger partial charge in [-0.25, -0.2) is 14.8 Å². The third-order valence-electron chi connectivity index (χ3n) is 10.2. The highest BCUT2D eigenvalue weighted by molar-refractivity contribution is 7.13. The van der Waals surface area contributed by atoms with Gasteiger partial charge in [-0.1, -0.05) is 56.0 Å². The largest absolute Gasteiger partial charge is 0.479 e. The van der Waals surface area contributed by atoms with Gasteiger partial charge in [0.2, 0.25) is 23.6 Å². The third-order valence-corrected chi connectivity index (χ3v) is 11.1. The Balaban J connectivity index is 1.20. The molecule has 11 nitrogen and oxygen atoms in total. The van der Waals surface area contributed by atoms with E-state index in [1.807, 2.05) is 53.9 Å². The van der Waals surface area contributed by atoms with Gasteiger partial charge in [0.25, 0.3) is 0 Å². The van der Waals surface area contributed by atoms with E-state index in [0.29, 0.717) is 29.9 Å². The van der Waals surface area contributed by atoms with Crippen molar-refractivity contribution in [2.24, 2.45) is 11.8 Å². The molecule has 7 rings (SSSR count). The molecule has 4 aliphatic rings. The number of nitrogens with one attached hydrogen (secondary N) is 2. The van der Waals surface area contributed by atoms with Crippen LogP contribution in [0.25, 0.3) is 21.6 Å². The number of aromatic nitrogens is 2. The second-order valence-corrected chi connectivity index (χ2v) is 14.5. The topological polar surface area (TPSA) is 151 Å². The Morgan fingerprint density at radius 2 is 1.77 bits per heavy atom. The quantitative estimate of drug-likeness (QED) is 0.315. The molecule has 0 bridgehead atoms. The standard InChI is InChI=1S/C36H41N5O6S/c42-31(22-11-6-7-12-22)38-27-16-5-3-1-2-4-13-23-20-36(23,35(45)46)40-32(43)28-19-24(21-41(28)34(27)44)47-33-30(29-17-10-18-48-29)37-25-14-8-9-15-26(25)39-33/h4,8-10,13-15,17-18,22-24,27-28H,1-3,5-7,11-12,16,19-21H2,(H,38,42)(H,40,43)(H,45,46)/b13-4-/t23?,24-,27-,28?,36?/m1/s1. The molecular formula is C36H41N5O6S. The molecule has 3 aromatic rings. The summed E-state index contributed by atoms with van der Waals surface area (Å²) < 4.78 is 6.53. The van der Waals surface area contributed by atoms with Crippen molar-refractivity contribution in [3.63, 3.8) is 0 Å². The maximum absolute atomic E-state index is 14.4. The van der Waals surface area contributed by atoms with E-state index in [2.05, 4.69) is 10.6 Å². The summed E-state index contributed by atoms with van der Waals surface area (Å²) in [4.78, 5) is 66.2. The first-order valence-electron chi connectivity index (χ1n) is 17.1. The van der Waals surface area contributed by atoms with Gasteiger partial charge in [0.15, 0.2) is 0 Å². The SMILES string of the molecule is O=C(N[C@@H]1CCCCC/C=C\C2CC2(C(=O)O)NC(=O)C2C[C@@H](Oc3nc4ccccc4nc3-c3cccs3)CN2C1=O)C1CCCC1. The van der Waals surface area contributed by atoms with Gasteiger partial charge >= 0.3 is 5.97 Å². The van der Waals surface area contributed by atoms with Crippen LogP contribution in [0.2, 0.25) is 0 Å². The minimum atomic E-state index is -1.41. The Labute approximate surface area is 283 Å². The van der Waals surface area contributed by atoms with Crippen LogP contribution in [-0.4, -0.2) is 73.9 Å². The van der Waals surface area contributed by atoms with Gasteiger partial charge in [-0.2, -0.15) is 0 Å². The van der Waals surface area contributed by atoms with Crippen molar-refractivity contribution < 1.29 is 29.0 Å². The van der Waals surface area contributed by atoms with E-state index in [-0.39, 0.29) is 36.6 Å². The van der Waals surface area contributed by atoms with Crippen LogP contribution in [0.3, 0.4) is 0 Å². The van der Waals surface area contributed by atoms with Crippen molar-refractivity contribution in [3.8, 4) is 16.5 Å². The van der Waals surface area contributed by atoms with Crippen LogP contribution in [0.4, 0.5) is 0 Å². The molecule has 3 unspecified atom stereocenters. The van der Waals surface area contributed by atoms with Gasteiger partial charge in [-0.3, -0.25) is 14.4 Å². The van der Waals surface area contributed by atoms with Crippen LogP contribution in [0.15, 0.2) is 53.9 Å². The molecule has 3 N–H and O–H groups in total. The molecule has 3 fully saturated rings. The summed E-state index contributed by atoms with van der Waals surface area (Å²) in [5, 5.41) is 18.0. The Morgan fingerprint density at radius 1 is 1.00 bits per heavy atom. The number of aliphatic carboxylic acids is 1. The van der Waals surface area contributed by atoms with E-state index >= 15 is 0 Å². The highest BCUT2D eigenvalue weighted by Gasteiger charge is 2.61. The fourth-order valence-corrected chi connectivity index (χ4v) is 8.13. The molecule has 48 heavy (non-hydrogen) atoms. The normalized spacial score (nSPS) is 28.9. The maximum Gasteiger partial charge on any atom is 0.330 e. The molecule has 2 aliphatic heterocycles. The molecule has 1 saturated heterocycles. The average molecular weight is 672 g/mol. The van der Waals surface area contributed by atoms with Crippen LogP contribution < -0.4 is 15.4 Å². The molecule has 2 saturated carbocycles. The number of benzene rings is 1. The minimum Gasteiger partial charge on any atom is -0.479 e. The van der Waals surface area contributed by atoms with Crippen LogP contribution in [0.5, 0.6) is 5.88 Å². The summed E-state index contributed by atoms with van der Waals surface area (Å²) in [5.41, 5.74) is 0.534. The van der Waals surface area contributed by atoms with Crippen LogP contribution in [0.1, 0.15) is 70.6 Å². The number of carbonyl (C=O) groups is 4. The van der Waals surface area contributed by atoms with Crippen LogP contribution in [-0.2, 0) is 19.2 Å². The zero-order valence-electron chi connectivity index (χ0n) is 26.8. The monoisotopic (exact) mass is 671 g/mol. The molecule has 252 valence electrons. The molecule has 2 aromatic heterocycles. The second-order valence-electron chi connectivity index (χ2n) is 13.5. The molecule has 4 heterocycles. The van der Waals surface area contributed by atoms with Gasteiger partial charge in [-0.05, 0) is 62.1 Å². The number of para-hydroxylation sites is 2. The lowest BCUT2D eigenvalue weighted by atomic mass is 10.0. The summed E-state index contributed by atoms with van der Waals surface area (Å²) in [6.07, 6.45) is 11.0. The summed E-state index contributed by atoms with van der Waals surface area (Å²) in [6.45, 7) is 0.0779. The van der Waals surface area contributed by atoms with Gasteiger partial charge in [-0.15, -0.1) is 11.3 Å². The van der Waals surface area contributed by atoms with Gasteiger partial charge in [0, 0.05) is 18.3 Å². The summed E-state index contributed by atoms with van der Waals surface area (Å²) in [6, 6.07) is 9.59. The van der Waals surface area contributed by atoms with E-state index in [1.165, 1.54) is 16.2 Å². The fraction of sp³-hybridized carbons (Fsp3) is 0.500. The fourth-order valence-electron chi connectivity index (χ4n) is 7.42. The van der Waals surface area contributed by atoms with Gasteiger partial charge in [0.05, 0.1) is 22.5 Å². The van der Waals surface area contributed by atoms with Crippen molar-refractivity contribution in [2.45, 2.75) is 94.4 Å². The average Bonchev–Trinajstić information content (AvgIpc) is 3.60. The van der Waals surface area contributed by atoms with Crippen molar-refractivity contribution in [2.75, 3.05) is 6.54 Å². The number of ether oxygens (including phenoxy) is 1. The third kappa shape index (κ3) is 6.54. The maximum atomic E-state index is 14.4. The first-order valence-corrected chi connectivity index (χ1v) is 18.0. The Morgan fingerprint density at radius 3 is 2.52 bits per heavy atom. The van der Waals surface area contributed by atoms with Crippen LogP contribution in [0, 0.1) is 11.8 Å². The zero-order valence-corrected chi connectivity index (χ0v) is 27.6. The molecular weight excluding hydrogens is 630 g/mol. The molecule has 12 heteroatoms. The van der Waals surface area contributed by atoms with Crippen molar-refractivity contribution in [3.05, 3.63) is 53.9 Å². The Bertz CT molecular complexity index is 1720. The molecule has 0 radical (unpaired) electrons. The smallest absolute Gasteiger partial charge is 0.330 e. The van der Waals surface area contributed by atoms with E-state index < -0.39 is 35.6 Å². The lowest BCUT2D eigenvalue weighted by molar-refractivity contribution is -0.146. The molecule has 3 amide bonds. The summed E-state index contributed by atoms with van der Waals surface area (Å²) >= 11 is 1.51. The number of hydrogen-bond acceptors (Lipinski definition) is 8. The highest BCUT2D eigenvalue weighted by Crippen LogP contribution is 2.45. The number of rotatable bonds is 6. The molecule has 0 spiro atoms. The number of carboxylic acids is 1. The van der Waals surface area contributed by atoms with E-state index in [1.54, 1.807) is 0 Å². The zero-order chi connectivity index (χ0) is 33.3.